The van der Waals surface area contributed by atoms with Crippen molar-refractivity contribution in [1.29, 1.82) is 0 Å². The van der Waals surface area contributed by atoms with Crippen LogP contribution in [0.3, 0.4) is 0 Å². The predicted octanol–water partition coefficient (Wildman–Crippen LogP) is 2.15. The van der Waals surface area contributed by atoms with Crippen LogP contribution in [-0.2, 0) is 11.3 Å². The molecule has 19 heavy (non-hydrogen) atoms. The molecule has 1 fully saturated rings. The minimum absolute atomic E-state index is 0.143. The van der Waals surface area contributed by atoms with Gasteiger partial charge < -0.3 is 10.1 Å². The van der Waals surface area contributed by atoms with Crippen LogP contribution in [0.25, 0.3) is 0 Å². The van der Waals surface area contributed by atoms with Gasteiger partial charge in [0.2, 0.25) is 0 Å². The van der Waals surface area contributed by atoms with Gasteiger partial charge in [-0.25, -0.2) is 4.68 Å². The third kappa shape index (κ3) is 3.70. The zero-order chi connectivity index (χ0) is 13.7. The van der Waals surface area contributed by atoms with Gasteiger partial charge in [-0.15, -0.1) is 0 Å². The van der Waals surface area contributed by atoms with E-state index in [9.17, 15) is 4.79 Å². The van der Waals surface area contributed by atoms with Gasteiger partial charge in [0.1, 0.15) is 5.69 Å². The number of aromatic nitrogens is 2. The summed E-state index contributed by atoms with van der Waals surface area (Å²) < 4.78 is 6.74. The molecule has 0 atom stereocenters. The average molecular weight is 286 g/mol. The Labute approximate surface area is 117 Å². The molecule has 106 valence electrons. The lowest BCUT2D eigenvalue weighted by molar-refractivity contribution is 0.158. The Bertz CT molecular complexity index is 471. The fourth-order valence-corrected chi connectivity index (χ4v) is 2.26. The van der Waals surface area contributed by atoms with Crippen LogP contribution >= 0.6 is 11.6 Å². The third-order valence-corrected chi connectivity index (χ3v) is 3.69. The number of hydrogen-bond donors (Lipinski definition) is 1. The molecule has 1 N–H and O–H groups in total. The minimum atomic E-state index is -0.143. The van der Waals surface area contributed by atoms with Gasteiger partial charge in [0, 0.05) is 19.7 Å². The monoisotopic (exact) mass is 285 g/mol. The van der Waals surface area contributed by atoms with E-state index in [-0.39, 0.29) is 5.56 Å². The molecule has 2 rings (SSSR count). The molecule has 6 heteroatoms. The van der Waals surface area contributed by atoms with Crippen molar-refractivity contribution in [3.05, 3.63) is 21.6 Å². The molecular formula is C13H20ClN3O2. The molecule has 1 aromatic heterocycles. The molecule has 1 aliphatic carbocycles. The first-order chi connectivity index (χ1) is 9.22. The highest BCUT2D eigenvalue weighted by molar-refractivity contribution is 6.32. The van der Waals surface area contributed by atoms with E-state index in [2.05, 4.69) is 10.4 Å². The smallest absolute Gasteiger partial charge is 0.291 e. The van der Waals surface area contributed by atoms with Crippen LogP contribution < -0.4 is 10.9 Å². The molecule has 0 saturated heterocycles. The summed E-state index contributed by atoms with van der Waals surface area (Å²) in [7, 11) is 0. The Hall–Kier alpha value is -1.07. The Morgan fingerprint density at radius 3 is 3.00 bits per heavy atom. The summed E-state index contributed by atoms with van der Waals surface area (Å²) in [5.41, 5.74) is 0.284. The lowest BCUT2D eigenvalue weighted by atomic mass is 9.85. The molecular weight excluding hydrogens is 266 g/mol. The maximum atomic E-state index is 12.2. The van der Waals surface area contributed by atoms with Crippen LogP contribution in [0.4, 0.5) is 5.69 Å². The SMILES string of the molecule is CCOCCNc1c(Cl)cnn(CC2CCC2)c1=O. The van der Waals surface area contributed by atoms with Gasteiger partial charge in [0.15, 0.2) is 0 Å². The van der Waals surface area contributed by atoms with Gasteiger partial charge in [-0.1, -0.05) is 18.0 Å². The van der Waals surface area contributed by atoms with E-state index < -0.39 is 0 Å². The van der Waals surface area contributed by atoms with Crippen molar-refractivity contribution >= 4 is 17.3 Å². The molecule has 0 amide bonds. The first-order valence-electron chi connectivity index (χ1n) is 6.79. The maximum Gasteiger partial charge on any atom is 0.291 e. The van der Waals surface area contributed by atoms with E-state index in [1.807, 2.05) is 6.92 Å². The largest absolute Gasteiger partial charge is 0.380 e. The van der Waals surface area contributed by atoms with Crippen molar-refractivity contribution in [2.45, 2.75) is 32.7 Å². The van der Waals surface area contributed by atoms with E-state index in [1.165, 1.54) is 30.1 Å². The lowest BCUT2D eigenvalue weighted by Gasteiger charge is -2.25. The second-order valence-electron chi connectivity index (χ2n) is 4.78. The number of anilines is 1. The third-order valence-electron chi connectivity index (χ3n) is 3.41. The summed E-state index contributed by atoms with van der Waals surface area (Å²) in [6.45, 7) is 4.41. The van der Waals surface area contributed by atoms with Crippen LogP contribution in [0, 0.1) is 5.92 Å². The van der Waals surface area contributed by atoms with Crippen LogP contribution in [0.1, 0.15) is 26.2 Å². The Morgan fingerprint density at radius 1 is 1.58 bits per heavy atom. The Morgan fingerprint density at radius 2 is 2.37 bits per heavy atom. The highest BCUT2D eigenvalue weighted by Gasteiger charge is 2.20. The highest BCUT2D eigenvalue weighted by atomic mass is 35.5. The molecule has 0 aromatic carbocycles. The predicted molar refractivity (Wildman–Crippen MR) is 75.8 cm³/mol. The fraction of sp³-hybridized carbons (Fsp3) is 0.692. The summed E-state index contributed by atoms with van der Waals surface area (Å²) >= 11 is 6.02. The zero-order valence-electron chi connectivity index (χ0n) is 11.2. The standard InChI is InChI=1S/C13H20ClN3O2/c1-2-19-7-6-15-12-11(14)8-16-17(13(12)18)9-10-4-3-5-10/h8,10,15H,2-7,9H2,1H3. The minimum Gasteiger partial charge on any atom is -0.380 e. The maximum absolute atomic E-state index is 12.2. The molecule has 0 spiro atoms. The summed E-state index contributed by atoms with van der Waals surface area (Å²) in [5, 5.41) is 7.51. The number of nitrogens with one attached hydrogen (secondary N) is 1. The van der Waals surface area contributed by atoms with Crippen molar-refractivity contribution < 1.29 is 4.74 Å². The van der Waals surface area contributed by atoms with E-state index >= 15 is 0 Å². The first-order valence-corrected chi connectivity index (χ1v) is 7.17. The van der Waals surface area contributed by atoms with E-state index in [0.717, 1.165) is 0 Å². The van der Waals surface area contributed by atoms with Crippen molar-refractivity contribution in [3.63, 3.8) is 0 Å². The van der Waals surface area contributed by atoms with Gasteiger partial charge in [-0.05, 0) is 25.7 Å². The molecule has 1 saturated carbocycles. The second-order valence-corrected chi connectivity index (χ2v) is 5.18. The molecule has 1 aliphatic rings. The van der Waals surface area contributed by atoms with Gasteiger partial charge in [0.25, 0.3) is 5.56 Å². The molecule has 1 aromatic rings. The molecule has 0 radical (unpaired) electrons. The summed E-state index contributed by atoms with van der Waals surface area (Å²) in [4.78, 5) is 12.2. The topological polar surface area (TPSA) is 56.1 Å². The number of ether oxygens (including phenoxy) is 1. The fourth-order valence-electron chi connectivity index (χ4n) is 2.07. The van der Waals surface area contributed by atoms with Crippen molar-refractivity contribution in [2.24, 2.45) is 5.92 Å². The van der Waals surface area contributed by atoms with Crippen molar-refractivity contribution in [3.8, 4) is 0 Å². The quantitative estimate of drug-likeness (QED) is 0.780. The first kappa shape index (κ1) is 14.3. The summed E-state index contributed by atoms with van der Waals surface area (Å²) in [5.74, 6) is 0.586. The highest BCUT2D eigenvalue weighted by Crippen LogP contribution is 2.27. The van der Waals surface area contributed by atoms with Crippen LogP contribution in [0.2, 0.25) is 5.02 Å². The van der Waals surface area contributed by atoms with Gasteiger partial charge >= 0.3 is 0 Å². The zero-order valence-corrected chi connectivity index (χ0v) is 11.9. The summed E-state index contributed by atoms with van der Waals surface area (Å²) in [6, 6.07) is 0. The second kappa shape index (κ2) is 6.91. The summed E-state index contributed by atoms with van der Waals surface area (Å²) in [6.07, 6.45) is 5.16. The van der Waals surface area contributed by atoms with E-state index in [4.69, 9.17) is 16.3 Å². The van der Waals surface area contributed by atoms with E-state index in [1.54, 1.807) is 0 Å². The van der Waals surface area contributed by atoms with Crippen LogP contribution in [0.5, 0.6) is 0 Å². The molecule has 0 bridgehead atoms. The van der Waals surface area contributed by atoms with Crippen molar-refractivity contribution in [2.75, 3.05) is 25.1 Å². The lowest BCUT2D eigenvalue weighted by Crippen LogP contribution is -2.31. The number of hydrogen-bond acceptors (Lipinski definition) is 4. The molecule has 5 nitrogen and oxygen atoms in total. The molecule has 1 heterocycles. The number of nitrogens with zero attached hydrogens (tertiary/aromatic N) is 2. The number of rotatable bonds is 7. The Kier molecular flexibility index (Phi) is 5.22. The molecule has 0 unspecified atom stereocenters. The van der Waals surface area contributed by atoms with Gasteiger partial charge in [-0.2, -0.15) is 5.10 Å². The van der Waals surface area contributed by atoms with Gasteiger partial charge in [-0.3, -0.25) is 4.79 Å². The van der Waals surface area contributed by atoms with Crippen LogP contribution in [0.15, 0.2) is 11.0 Å². The van der Waals surface area contributed by atoms with E-state index in [0.29, 0.717) is 42.9 Å². The average Bonchev–Trinajstić information content (AvgIpc) is 2.35. The van der Waals surface area contributed by atoms with Crippen LogP contribution in [-0.4, -0.2) is 29.5 Å². The normalized spacial score (nSPS) is 15.3. The van der Waals surface area contributed by atoms with Gasteiger partial charge in [0.05, 0.1) is 17.8 Å². The van der Waals surface area contributed by atoms with Crippen molar-refractivity contribution in [1.82, 2.24) is 9.78 Å². The molecule has 0 aliphatic heterocycles. The number of halogens is 1. The Balaban J connectivity index is 2.03.